The number of piperidine rings is 1. The van der Waals surface area contributed by atoms with Gasteiger partial charge in [0.1, 0.15) is 0 Å². The van der Waals surface area contributed by atoms with E-state index in [0.29, 0.717) is 32.6 Å². The van der Waals surface area contributed by atoms with E-state index in [4.69, 9.17) is 4.74 Å². The number of benzene rings is 1. The first kappa shape index (κ1) is 18.3. The van der Waals surface area contributed by atoms with Crippen LogP contribution in [0, 0.1) is 22.2 Å². The maximum atomic E-state index is 11.5. The Morgan fingerprint density at radius 2 is 2.08 bits per heavy atom. The zero-order valence-corrected chi connectivity index (χ0v) is 14.7. The van der Waals surface area contributed by atoms with Crippen LogP contribution in [0.1, 0.15) is 39.2 Å². The summed E-state index contributed by atoms with van der Waals surface area (Å²) in [6.45, 7) is 7.23. The van der Waals surface area contributed by atoms with Gasteiger partial charge in [-0.05, 0) is 23.8 Å². The lowest BCUT2D eigenvalue weighted by atomic mass is 9.70. The zero-order chi connectivity index (χ0) is 17.8. The van der Waals surface area contributed by atoms with Crippen LogP contribution in [0.15, 0.2) is 30.3 Å². The molecule has 0 saturated carbocycles. The van der Waals surface area contributed by atoms with Gasteiger partial charge in [-0.15, -0.1) is 0 Å². The molecular formula is C19H26N2O3. The third kappa shape index (κ3) is 4.27. The number of rotatable bonds is 4. The van der Waals surface area contributed by atoms with Crippen LogP contribution in [0.3, 0.4) is 0 Å². The summed E-state index contributed by atoms with van der Waals surface area (Å²) in [4.78, 5) is 13.0. The van der Waals surface area contributed by atoms with Crippen LogP contribution in [-0.2, 0) is 11.3 Å². The molecule has 5 nitrogen and oxygen atoms in total. The fraction of sp³-hybridized carbons (Fsp3) is 0.579. The van der Waals surface area contributed by atoms with E-state index in [2.05, 4.69) is 6.07 Å². The van der Waals surface area contributed by atoms with Gasteiger partial charge in [0.05, 0.1) is 24.7 Å². The minimum atomic E-state index is -0.910. The zero-order valence-electron chi connectivity index (χ0n) is 14.7. The molecule has 1 heterocycles. The molecule has 2 atom stereocenters. The van der Waals surface area contributed by atoms with Gasteiger partial charge in [-0.25, -0.2) is 4.79 Å². The number of likely N-dealkylation sites (tertiary alicyclic amines) is 1. The maximum absolute atomic E-state index is 11.5. The van der Waals surface area contributed by atoms with Crippen molar-refractivity contribution in [1.82, 2.24) is 4.90 Å². The Morgan fingerprint density at radius 1 is 1.42 bits per heavy atom. The lowest BCUT2D eigenvalue weighted by Crippen LogP contribution is -2.55. The van der Waals surface area contributed by atoms with E-state index in [1.807, 2.05) is 51.1 Å². The van der Waals surface area contributed by atoms with Crippen LogP contribution in [0.25, 0.3) is 0 Å². The van der Waals surface area contributed by atoms with Gasteiger partial charge in [-0.3, -0.25) is 0 Å². The number of nitrogens with zero attached hydrogens (tertiary/aromatic N) is 2. The van der Waals surface area contributed by atoms with E-state index in [1.54, 1.807) is 0 Å². The molecule has 0 bridgehead atoms. The molecule has 1 fully saturated rings. The van der Waals surface area contributed by atoms with Crippen LogP contribution in [0.2, 0.25) is 0 Å². The van der Waals surface area contributed by atoms with Gasteiger partial charge in [0.2, 0.25) is 0 Å². The molecule has 0 radical (unpaired) electrons. The van der Waals surface area contributed by atoms with Crippen molar-refractivity contribution in [2.75, 3.05) is 13.2 Å². The van der Waals surface area contributed by atoms with Crippen LogP contribution in [-0.4, -0.2) is 35.3 Å². The van der Waals surface area contributed by atoms with Crippen molar-refractivity contribution >= 4 is 6.09 Å². The monoisotopic (exact) mass is 330 g/mol. The molecule has 0 aliphatic carbocycles. The van der Waals surface area contributed by atoms with E-state index in [-0.39, 0.29) is 11.5 Å². The number of carboxylic acid groups (broad SMARTS) is 1. The molecule has 0 aromatic heterocycles. The van der Waals surface area contributed by atoms with E-state index in [1.165, 1.54) is 4.90 Å². The first-order valence-electron chi connectivity index (χ1n) is 8.30. The molecule has 130 valence electrons. The van der Waals surface area contributed by atoms with E-state index < -0.39 is 11.5 Å². The molecule has 1 aliphatic heterocycles. The molecule has 1 saturated heterocycles. The van der Waals surface area contributed by atoms with Crippen molar-refractivity contribution in [3.05, 3.63) is 35.9 Å². The highest BCUT2D eigenvalue weighted by Gasteiger charge is 2.46. The number of nitriles is 1. The Hall–Kier alpha value is -2.06. The standard InChI is InChI=1S/C19H26N2O3/c1-18(2,3)16-11-19(13-20,9-10-21(16)17(22)23)14-24-12-15-7-5-4-6-8-15/h4-8,16H,9-12,14H2,1-3H3,(H,22,23). The molecule has 1 aromatic carbocycles. The van der Waals surface area contributed by atoms with Crippen molar-refractivity contribution in [1.29, 1.82) is 5.26 Å². The van der Waals surface area contributed by atoms with Crippen molar-refractivity contribution in [2.45, 2.75) is 46.3 Å². The fourth-order valence-corrected chi connectivity index (χ4v) is 3.28. The summed E-state index contributed by atoms with van der Waals surface area (Å²) in [7, 11) is 0. The summed E-state index contributed by atoms with van der Waals surface area (Å²) in [6.07, 6.45) is 0.109. The SMILES string of the molecule is CC(C)(C)C1CC(C#N)(COCc2ccccc2)CCN1C(=O)O. The normalized spacial score (nSPS) is 24.4. The van der Waals surface area contributed by atoms with Crippen molar-refractivity contribution in [3.8, 4) is 6.07 Å². The van der Waals surface area contributed by atoms with Crippen molar-refractivity contribution in [3.63, 3.8) is 0 Å². The van der Waals surface area contributed by atoms with Gasteiger partial charge < -0.3 is 14.7 Å². The Balaban J connectivity index is 2.06. The average molecular weight is 330 g/mol. The molecule has 5 heteroatoms. The summed E-state index contributed by atoms with van der Waals surface area (Å²) in [5.41, 5.74) is 0.222. The highest BCUT2D eigenvalue weighted by Crippen LogP contribution is 2.41. The highest BCUT2D eigenvalue weighted by atomic mass is 16.5. The number of hydrogen-bond acceptors (Lipinski definition) is 3. The molecule has 2 unspecified atom stereocenters. The molecule has 2 rings (SSSR count). The largest absolute Gasteiger partial charge is 0.465 e. The van der Waals surface area contributed by atoms with Gasteiger partial charge in [-0.1, -0.05) is 51.1 Å². The summed E-state index contributed by atoms with van der Waals surface area (Å²) in [6, 6.07) is 12.1. The van der Waals surface area contributed by atoms with E-state index >= 15 is 0 Å². The van der Waals surface area contributed by atoms with E-state index in [0.717, 1.165) is 5.56 Å². The quantitative estimate of drug-likeness (QED) is 0.908. The summed E-state index contributed by atoms with van der Waals surface area (Å²) in [5.74, 6) is 0. The molecule has 0 spiro atoms. The molecule has 1 aliphatic rings. The Kier molecular flexibility index (Phi) is 5.51. The van der Waals surface area contributed by atoms with Gasteiger partial charge >= 0.3 is 6.09 Å². The van der Waals surface area contributed by atoms with Gasteiger partial charge in [-0.2, -0.15) is 5.26 Å². The summed E-state index contributed by atoms with van der Waals surface area (Å²) >= 11 is 0. The van der Waals surface area contributed by atoms with Gasteiger partial charge in [0.25, 0.3) is 0 Å². The molecular weight excluding hydrogens is 304 g/mol. The molecule has 1 N–H and O–H groups in total. The summed E-state index contributed by atoms with van der Waals surface area (Å²) < 4.78 is 5.82. The minimum absolute atomic E-state index is 0.191. The van der Waals surface area contributed by atoms with Crippen LogP contribution in [0.5, 0.6) is 0 Å². The molecule has 1 aromatic rings. The van der Waals surface area contributed by atoms with Gasteiger partial charge in [0.15, 0.2) is 0 Å². The second-order valence-electron chi connectivity index (χ2n) is 7.68. The van der Waals surface area contributed by atoms with E-state index in [9.17, 15) is 15.2 Å². The van der Waals surface area contributed by atoms with Crippen LogP contribution in [0.4, 0.5) is 4.79 Å². The Labute approximate surface area is 143 Å². The average Bonchev–Trinajstić information content (AvgIpc) is 2.54. The maximum Gasteiger partial charge on any atom is 0.407 e. The lowest BCUT2D eigenvalue weighted by Gasteiger charge is -2.47. The number of hydrogen-bond donors (Lipinski definition) is 1. The first-order valence-corrected chi connectivity index (χ1v) is 8.30. The number of carbonyl (C=O) groups is 1. The topological polar surface area (TPSA) is 73.6 Å². The number of amides is 1. The van der Waals surface area contributed by atoms with Crippen LogP contribution < -0.4 is 0 Å². The number of ether oxygens (including phenoxy) is 1. The smallest absolute Gasteiger partial charge is 0.407 e. The molecule has 1 amide bonds. The predicted molar refractivity (Wildman–Crippen MR) is 91.4 cm³/mol. The Morgan fingerprint density at radius 3 is 2.62 bits per heavy atom. The van der Waals surface area contributed by atoms with Crippen LogP contribution >= 0.6 is 0 Å². The summed E-state index contributed by atoms with van der Waals surface area (Å²) in [5, 5.41) is 19.2. The minimum Gasteiger partial charge on any atom is -0.465 e. The van der Waals surface area contributed by atoms with Gasteiger partial charge in [0, 0.05) is 12.6 Å². The van der Waals surface area contributed by atoms with Crippen molar-refractivity contribution in [2.24, 2.45) is 10.8 Å². The third-order valence-electron chi connectivity index (χ3n) is 4.76. The first-order chi connectivity index (χ1) is 11.3. The second-order valence-corrected chi connectivity index (χ2v) is 7.68. The predicted octanol–water partition coefficient (Wildman–Crippen LogP) is 3.90. The lowest BCUT2D eigenvalue weighted by molar-refractivity contribution is -0.0204. The Bertz CT molecular complexity index is 603. The molecule has 24 heavy (non-hydrogen) atoms. The highest BCUT2D eigenvalue weighted by molar-refractivity contribution is 5.65. The fourth-order valence-electron chi connectivity index (χ4n) is 3.28. The second kappa shape index (κ2) is 7.23. The third-order valence-corrected chi connectivity index (χ3v) is 4.76. The van der Waals surface area contributed by atoms with Crippen molar-refractivity contribution < 1.29 is 14.6 Å².